The first-order valence-corrected chi connectivity index (χ1v) is 13.7. The first kappa shape index (κ1) is 29.2. The van der Waals surface area contributed by atoms with Gasteiger partial charge in [-0.2, -0.15) is 0 Å². The van der Waals surface area contributed by atoms with Gasteiger partial charge < -0.3 is 37.3 Å². The lowest BCUT2D eigenvalue weighted by atomic mass is 10.0. The predicted octanol–water partition coefficient (Wildman–Crippen LogP) is 7.07. The van der Waals surface area contributed by atoms with Gasteiger partial charge in [0.2, 0.25) is 16.6 Å². The Labute approximate surface area is 256 Å². The normalized spacial score (nSPS) is 11.0. The Hall–Kier alpha value is -5.90. The van der Waals surface area contributed by atoms with Crippen molar-refractivity contribution in [3.8, 4) is 62.5 Å². The molecule has 0 aliphatic heterocycles. The number of hydrogen-bond acceptors (Lipinski definition) is 10. The summed E-state index contributed by atoms with van der Waals surface area (Å²) in [6, 6.07) is 18.8. The van der Waals surface area contributed by atoms with Crippen molar-refractivity contribution in [1.29, 1.82) is 0 Å². The van der Waals surface area contributed by atoms with Crippen LogP contribution in [0.3, 0.4) is 0 Å². The summed E-state index contributed by atoms with van der Waals surface area (Å²) in [4.78, 5) is 27.2. The Morgan fingerprint density at radius 3 is 1.58 bits per heavy atom. The molecule has 2 heterocycles. The molecule has 0 saturated heterocycles. The standard InChI is InChI=1S/C35H28O10/c1-38-21-10-6-19(7-11-21)24-17-43-26-15-28(27(40-3)14-23(26)32(24)36)45-30-16-29-31(35(42-5)34(30)41-4)33(37)25(18-44-29)20-8-12-22(39-2)13-9-20/h6-18H,1-5H3. The zero-order valence-corrected chi connectivity index (χ0v) is 25.1. The highest BCUT2D eigenvalue weighted by molar-refractivity contribution is 5.92. The zero-order chi connectivity index (χ0) is 31.7. The molecule has 0 unspecified atom stereocenters. The van der Waals surface area contributed by atoms with Crippen LogP contribution in [0.25, 0.3) is 44.2 Å². The fraction of sp³-hybridized carbons (Fsp3) is 0.143. The van der Waals surface area contributed by atoms with E-state index in [1.807, 2.05) is 0 Å². The molecule has 45 heavy (non-hydrogen) atoms. The fourth-order valence-corrected chi connectivity index (χ4v) is 5.11. The molecule has 6 aromatic rings. The fourth-order valence-electron chi connectivity index (χ4n) is 5.11. The van der Waals surface area contributed by atoms with E-state index in [4.69, 9.17) is 37.3 Å². The van der Waals surface area contributed by atoms with Crippen LogP contribution in [0.2, 0.25) is 0 Å². The lowest BCUT2D eigenvalue weighted by Crippen LogP contribution is -2.08. The zero-order valence-electron chi connectivity index (χ0n) is 25.1. The van der Waals surface area contributed by atoms with Crippen LogP contribution in [-0.2, 0) is 0 Å². The third kappa shape index (κ3) is 5.16. The number of methoxy groups -OCH3 is 5. The van der Waals surface area contributed by atoms with Gasteiger partial charge >= 0.3 is 0 Å². The van der Waals surface area contributed by atoms with Gasteiger partial charge in [-0.15, -0.1) is 0 Å². The van der Waals surface area contributed by atoms with Crippen LogP contribution < -0.4 is 39.3 Å². The second-order valence-electron chi connectivity index (χ2n) is 9.83. The molecule has 6 rings (SSSR count). The van der Waals surface area contributed by atoms with Crippen LogP contribution in [0.5, 0.6) is 40.2 Å². The second kappa shape index (κ2) is 12.0. The van der Waals surface area contributed by atoms with E-state index in [2.05, 4.69) is 0 Å². The molecule has 0 bridgehead atoms. The molecule has 10 heteroatoms. The van der Waals surface area contributed by atoms with Crippen LogP contribution >= 0.6 is 0 Å². The SMILES string of the molecule is COc1ccc(-c2coc3cc(Oc4cc5occ(-c6ccc(OC)cc6)c(=O)c5c(OC)c4OC)c(OC)cc3c2=O)cc1. The lowest BCUT2D eigenvalue weighted by molar-refractivity contribution is 0.331. The minimum absolute atomic E-state index is 0.129. The summed E-state index contributed by atoms with van der Waals surface area (Å²) >= 11 is 0. The molecular weight excluding hydrogens is 580 g/mol. The highest BCUT2D eigenvalue weighted by Crippen LogP contribution is 2.46. The summed E-state index contributed by atoms with van der Waals surface area (Å²) in [6.45, 7) is 0. The second-order valence-corrected chi connectivity index (χ2v) is 9.83. The predicted molar refractivity (Wildman–Crippen MR) is 169 cm³/mol. The number of rotatable bonds is 9. The van der Waals surface area contributed by atoms with Crippen LogP contribution in [0, 0.1) is 0 Å². The number of ether oxygens (including phenoxy) is 6. The van der Waals surface area contributed by atoms with E-state index >= 15 is 0 Å². The van der Waals surface area contributed by atoms with Crippen LogP contribution in [0.15, 0.2) is 97.7 Å². The summed E-state index contributed by atoms with van der Waals surface area (Å²) in [5.41, 5.74) is 1.95. The molecule has 0 atom stereocenters. The molecule has 0 saturated carbocycles. The summed E-state index contributed by atoms with van der Waals surface area (Å²) in [6.07, 6.45) is 2.78. The number of hydrogen-bond donors (Lipinski definition) is 0. The minimum atomic E-state index is -0.319. The van der Waals surface area contributed by atoms with Gasteiger partial charge in [0.1, 0.15) is 40.6 Å². The maximum absolute atomic E-state index is 13.7. The van der Waals surface area contributed by atoms with E-state index in [9.17, 15) is 9.59 Å². The van der Waals surface area contributed by atoms with Crippen LogP contribution in [0.1, 0.15) is 0 Å². The summed E-state index contributed by atoms with van der Waals surface area (Å²) in [5.74, 6) is 2.28. The molecule has 0 amide bonds. The van der Waals surface area contributed by atoms with E-state index < -0.39 is 0 Å². The summed E-state index contributed by atoms with van der Waals surface area (Å²) in [7, 11) is 7.46. The van der Waals surface area contributed by atoms with E-state index in [1.54, 1.807) is 74.9 Å². The van der Waals surface area contributed by atoms with E-state index in [0.29, 0.717) is 39.1 Å². The van der Waals surface area contributed by atoms with Gasteiger partial charge in [-0.3, -0.25) is 9.59 Å². The van der Waals surface area contributed by atoms with Crippen LogP contribution in [0.4, 0.5) is 0 Å². The minimum Gasteiger partial charge on any atom is -0.497 e. The number of benzene rings is 4. The highest BCUT2D eigenvalue weighted by atomic mass is 16.5. The molecule has 0 spiro atoms. The molecule has 0 aliphatic rings. The largest absolute Gasteiger partial charge is 0.497 e. The smallest absolute Gasteiger partial charge is 0.205 e. The van der Waals surface area contributed by atoms with Crippen molar-refractivity contribution in [2.75, 3.05) is 35.5 Å². The molecule has 0 fully saturated rings. The first-order valence-electron chi connectivity index (χ1n) is 13.7. The molecule has 10 nitrogen and oxygen atoms in total. The average molecular weight is 609 g/mol. The van der Waals surface area contributed by atoms with Crippen molar-refractivity contribution in [3.63, 3.8) is 0 Å². The highest BCUT2D eigenvalue weighted by Gasteiger charge is 2.24. The Kier molecular flexibility index (Phi) is 7.78. The Morgan fingerprint density at radius 2 is 1.04 bits per heavy atom. The van der Waals surface area contributed by atoms with Crippen molar-refractivity contribution >= 4 is 21.9 Å². The molecular formula is C35H28O10. The molecule has 4 aromatic carbocycles. The van der Waals surface area contributed by atoms with Crippen molar-refractivity contribution in [2.24, 2.45) is 0 Å². The van der Waals surface area contributed by atoms with Crippen molar-refractivity contribution in [3.05, 3.63) is 99.7 Å². The van der Waals surface area contributed by atoms with Gasteiger partial charge in [0.25, 0.3) is 0 Å². The van der Waals surface area contributed by atoms with Gasteiger partial charge in [-0.1, -0.05) is 24.3 Å². The van der Waals surface area contributed by atoms with E-state index in [1.165, 1.54) is 39.9 Å². The van der Waals surface area contributed by atoms with Crippen LogP contribution in [-0.4, -0.2) is 35.5 Å². The van der Waals surface area contributed by atoms with Gasteiger partial charge in [0, 0.05) is 12.1 Å². The monoisotopic (exact) mass is 608 g/mol. The van der Waals surface area contributed by atoms with E-state index in [0.717, 1.165) is 0 Å². The van der Waals surface area contributed by atoms with E-state index in [-0.39, 0.29) is 56.2 Å². The Bertz CT molecular complexity index is 2140. The summed E-state index contributed by atoms with van der Waals surface area (Å²) in [5, 5.41) is 0.477. The van der Waals surface area contributed by atoms with Crippen molar-refractivity contribution in [1.82, 2.24) is 0 Å². The molecule has 2 aromatic heterocycles. The molecule has 228 valence electrons. The molecule has 0 radical (unpaired) electrons. The third-order valence-corrected chi connectivity index (χ3v) is 7.43. The van der Waals surface area contributed by atoms with Crippen molar-refractivity contribution < 1.29 is 37.3 Å². The maximum Gasteiger partial charge on any atom is 0.205 e. The Morgan fingerprint density at radius 1 is 0.511 bits per heavy atom. The number of fused-ring (bicyclic) bond motifs is 2. The maximum atomic E-state index is 13.7. The average Bonchev–Trinajstić information content (AvgIpc) is 3.08. The lowest BCUT2D eigenvalue weighted by Gasteiger charge is -2.17. The van der Waals surface area contributed by atoms with Gasteiger partial charge in [0.05, 0.1) is 52.1 Å². The van der Waals surface area contributed by atoms with Gasteiger partial charge in [-0.25, -0.2) is 0 Å². The quantitative estimate of drug-likeness (QED) is 0.169. The van der Waals surface area contributed by atoms with Gasteiger partial charge in [0.15, 0.2) is 23.0 Å². The topological polar surface area (TPSA) is 116 Å². The molecule has 0 aliphatic carbocycles. The molecule has 0 N–H and O–H groups in total. The van der Waals surface area contributed by atoms with Crippen molar-refractivity contribution in [2.45, 2.75) is 0 Å². The third-order valence-electron chi connectivity index (χ3n) is 7.43. The Balaban J connectivity index is 1.44. The summed E-state index contributed by atoms with van der Waals surface area (Å²) < 4.78 is 45.4. The first-order chi connectivity index (χ1) is 21.9. The van der Waals surface area contributed by atoms with Gasteiger partial charge in [-0.05, 0) is 41.5 Å².